The number of ether oxygens (including phenoxy) is 2. The van der Waals surface area contributed by atoms with Gasteiger partial charge in [0.05, 0.1) is 12.7 Å². The van der Waals surface area contributed by atoms with Crippen LogP contribution >= 0.6 is 0 Å². The SMILES string of the molecule is CCCOc1cccc(CNC(C)C2CCCO2)c1. The topological polar surface area (TPSA) is 30.5 Å². The molecule has 2 atom stereocenters. The van der Waals surface area contributed by atoms with Crippen LogP contribution in [-0.2, 0) is 11.3 Å². The molecule has 0 spiro atoms. The zero-order valence-electron chi connectivity index (χ0n) is 12.0. The molecule has 0 aliphatic carbocycles. The average molecular weight is 263 g/mol. The Balaban J connectivity index is 1.81. The van der Waals surface area contributed by atoms with Crippen molar-refractivity contribution in [2.24, 2.45) is 0 Å². The van der Waals surface area contributed by atoms with E-state index in [-0.39, 0.29) is 0 Å². The van der Waals surface area contributed by atoms with Gasteiger partial charge in [-0.15, -0.1) is 0 Å². The quantitative estimate of drug-likeness (QED) is 0.820. The highest BCUT2D eigenvalue weighted by atomic mass is 16.5. The largest absolute Gasteiger partial charge is 0.494 e. The van der Waals surface area contributed by atoms with Crippen LogP contribution in [-0.4, -0.2) is 25.4 Å². The summed E-state index contributed by atoms with van der Waals surface area (Å²) in [5, 5.41) is 3.54. The van der Waals surface area contributed by atoms with Crippen LogP contribution in [0.5, 0.6) is 5.75 Å². The molecular weight excluding hydrogens is 238 g/mol. The van der Waals surface area contributed by atoms with Gasteiger partial charge >= 0.3 is 0 Å². The lowest BCUT2D eigenvalue weighted by atomic mass is 10.1. The lowest BCUT2D eigenvalue weighted by molar-refractivity contribution is 0.0832. The molecule has 19 heavy (non-hydrogen) atoms. The first kappa shape index (κ1) is 14.4. The number of nitrogens with one attached hydrogen (secondary N) is 1. The fourth-order valence-electron chi connectivity index (χ4n) is 2.37. The van der Waals surface area contributed by atoms with Gasteiger partial charge in [0, 0.05) is 19.2 Å². The predicted molar refractivity (Wildman–Crippen MR) is 77.5 cm³/mol. The Bertz CT molecular complexity index is 375. The normalized spacial score (nSPS) is 20.4. The summed E-state index contributed by atoms with van der Waals surface area (Å²) in [6.07, 6.45) is 3.78. The third-order valence-corrected chi connectivity index (χ3v) is 3.52. The molecular formula is C16H25NO2. The van der Waals surface area contributed by atoms with Gasteiger partial charge < -0.3 is 14.8 Å². The Labute approximate surface area is 116 Å². The van der Waals surface area contributed by atoms with Crippen LogP contribution in [0.15, 0.2) is 24.3 Å². The van der Waals surface area contributed by atoms with Crippen LogP contribution < -0.4 is 10.1 Å². The molecule has 1 fully saturated rings. The maximum absolute atomic E-state index is 5.69. The number of hydrogen-bond acceptors (Lipinski definition) is 3. The van der Waals surface area contributed by atoms with Crippen molar-refractivity contribution in [2.45, 2.75) is 51.8 Å². The van der Waals surface area contributed by atoms with Crippen LogP contribution in [0.25, 0.3) is 0 Å². The van der Waals surface area contributed by atoms with Gasteiger partial charge in [0.15, 0.2) is 0 Å². The minimum atomic E-state index is 0.375. The third kappa shape index (κ3) is 4.51. The summed E-state index contributed by atoms with van der Waals surface area (Å²) in [5.41, 5.74) is 1.26. The molecule has 3 nitrogen and oxygen atoms in total. The molecule has 0 radical (unpaired) electrons. The summed E-state index contributed by atoms with van der Waals surface area (Å²) in [5.74, 6) is 0.964. The van der Waals surface area contributed by atoms with Crippen molar-refractivity contribution in [3.05, 3.63) is 29.8 Å². The summed E-state index contributed by atoms with van der Waals surface area (Å²) in [7, 11) is 0. The average Bonchev–Trinajstić information content (AvgIpc) is 2.97. The van der Waals surface area contributed by atoms with Crippen molar-refractivity contribution in [2.75, 3.05) is 13.2 Å². The molecule has 106 valence electrons. The molecule has 1 heterocycles. The lowest BCUT2D eigenvalue weighted by Gasteiger charge is -2.20. The maximum Gasteiger partial charge on any atom is 0.119 e. The molecule has 2 rings (SSSR count). The van der Waals surface area contributed by atoms with Crippen LogP contribution in [0, 0.1) is 0 Å². The fourth-order valence-corrected chi connectivity index (χ4v) is 2.37. The van der Waals surface area contributed by atoms with Gasteiger partial charge in [0.2, 0.25) is 0 Å². The van der Waals surface area contributed by atoms with E-state index in [1.807, 2.05) is 6.07 Å². The van der Waals surface area contributed by atoms with E-state index in [2.05, 4.69) is 37.4 Å². The first-order chi connectivity index (χ1) is 9.29. The molecule has 1 aliphatic rings. The Morgan fingerprint density at radius 3 is 3.11 bits per heavy atom. The van der Waals surface area contributed by atoms with Crippen molar-refractivity contribution < 1.29 is 9.47 Å². The highest BCUT2D eigenvalue weighted by Gasteiger charge is 2.21. The van der Waals surface area contributed by atoms with Crippen molar-refractivity contribution in [3.8, 4) is 5.75 Å². The van der Waals surface area contributed by atoms with E-state index in [1.54, 1.807) is 0 Å². The molecule has 1 aliphatic heterocycles. The Morgan fingerprint density at radius 2 is 2.37 bits per heavy atom. The van der Waals surface area contributed by atoms with E-state index in [9.17, 15) is 0 Å². The monoisotopic (exact) mass is 263 g/mol. The van der Waals surface area contributed by atoms with Gasteiger partial charge in [-0.1, -0.05) is 19.1 Å². The molecule has 3 heteroatoms. The summed E-state index contributed by atoms with van der Waals surface area (Å²) in [6.45, 7) is 6.88. The lowest BCUT2D eigenvalue weighted by Crippen LogP contribution is -2.36. The molecule has 0 amide bonds. The molecule has 0 saturated carbocycles. The number of benzene rings is 1. The van der Waals surface area contributed by atoms with Gasteiger partial charge in [-0.25, -0.2) is 0 Å². The number of hydrogen-bond donors (Lipinski definition) is 1. The third-order valence-electron chi connectivity index (χ3n) is 3.52. The van der Waals surface area contributed by atoms with E-state index in [0.717, 1.165) is 31.9 Å². The zero-order valence-corrected chi connectivity index (χ0v) is 12.0. The van der Waals surface area contributed by atoms with E-state index in [0.29, 0.717) is 12.1 Å². The second-order valence-electron chi connectivity index (χ2n) is 5.22. The van der Waals surface area contributed by atoms with E-state index in [4.69, 9.17) is 9.47 Å². The highest BCUT2D eigenvalue weighted by Crippen LogP contribution is 2.17. The molecule has 1 aromatic rings. The molecule has 1 aromatic carbocycles. The van der Waals surface area contributed by atoms with Crippen molar-refractivity contribution >= 4 is 0 Å². The van der Waals surface area contributed by atoms with Crippen molar-refractivity contribution in [1.82, 2.24) is 5.32 Å². The smallest absolute Gasteiger partial charge is 0.119 e. The van der Waals surface area contributed by atoms with Crippen molar-refractivity contribution in [3.63, 3.8) is 0 Å². The van der Waals surface area contributed by atoms with E-state index in [1.165, 1.54) is 18.4 Å². The predicted octanol–water partition coefficient (Wildman–Crippen LogP) is 3.13. The van der Waals surface area contributed by atoms with Crippen LogP contribution in [0.2, 0.25) is 0 Å². The van der Waals surface area contributed by atoms with E-state index >= 15 is 0 Å². The molecule has 0 bridgehead atoms. The Kier molecular flexibility index (Phi) is 5.67. The first-order valence-corrected chi connectivity index (χ1v) is 7.36. The minimum absolute atomic E-state index is 0.375. The molecule has 0 aromatic heterocycles. The van der Waals surface area contributed by atoms with Gasteiger partial charge in [0.25, 0.3) is 0 Å². The van der Waals surface area contributed by atoms with Crippen molar-refractivity contribution in [1.29, 1.82) is 0 Å². The first-order valence-electron chi connectivity index (χ1n) is 7.36. The van der Waals surface area contributed by atoms with Crippen LogP contribution in [0.3, 0.4) is 0 Å². The van der Waals surface area contributed by atoms with Crippen LogP contribution in [0.4, 0.5) is 0 Å². The fraction of sp³-hybridized carbons (Fsp3) is 0.625. The van der Waals surface area contributed by atoms with Gasteiger partial charge in [0.1, 0.15) is 5.75 Å². The molecule has 1 N–H and O–H groups in total. The van der Waals surface area contributed by atoms with Gasteiger partial charge in [-0.05, 0) is 43.9 Å². The zero-order chi connectivity index (χ0) is 13.5. The highest BCUT2D eigenvalue weighted by molar-refractivity contribution is 5.28. The second-order valence-corrected chi connectivity index (χ2v) is 5.22. The Hall–Kier alpha value is -1.06. The maximum atomic E-state index is 5.69. The van der Waals surface area contributed by atoms with Gasteiger partial charge in [-0.3, -0.25) is 0 Å². The summed E-state index contributed by atoms with van der Waals surface area (Å²) in [6, 6.07) is 8.73. The van der Waals surface area contributed by atoms with Gasteiger partial charge in [-0.2, -0.15) is 0 Å². The molecule has 1 saturated heterocycles. The summed E-state index contributed by atoms with van der Waals surface area (Å²) < 4.78 is 11.3. The molecule has 2 unspecified atom stereocenters. The minimum Gasteiger partial charge on any atom is -0.494 e. The second kappa shape index (κ2) is 7.51. The number of rotatable bonds is 7. The standard InChI is InChI=1S/C16H25NO2/c1-3-9-18-15-7-4-6-14(11-15)12-17-13(2)16-8-5-10-19-16/h4,6-7,11,13,16-17H,3,5,8-10,12H2,1-2H3. The van der Waals surface area contributed by atoms with E-state index < -0.39 is 0 Å². The summed E-state index contributed by atoms with van der Waals surface area (Å²) in [4.78, 5) is 0. The Morgan fingerprint density at radius 1 is 1.47 bits per heavy atom. The summed E-state index contributed by atoms with van der Waals surface area (Å²) >= 11 is 0. The van der Waals surface area contributed by atoms with Crippen LogP contribution in [0.1, 0.15) is 38.7 Å².